The fourth-order valence-corrected chi connectivity index (χ4v) is 6.35. The van der Waals surface area contributed by atoms with Crippen LogP contribution in [-0.2, 0) is 0 Å². The summed E-state index contributed by atoms with van der Waals surface area (Å²) >= 11 is 0. The Morgan fingerprint density at radius 2 is 1.00 bits per heavy atom. The zero-order valence-corrected chi connectivity index (χ0v) is 20.3. The van der Waals surface area contributed by atoms with Crippen molar-refractivity contribution in [2.45, 2.75) is 0 Å². The summed E-state index contributed by atoms with van der Waals surface area (Å²) in [5.41, 5.74) is 11.4. The third-order valence-electron chi connectivity index (χ3n) is 7.81. The van der Waals surface area contributed by atoms with Gasteiger partial charge in [-0.25, -0.2) is 0 Å². The van der Waals surface area contributed by atoms with E-state index in [1.165, 1.54) is 61.3 Å². The maximum atomic E-state index is 2.48. The Labute approximate surface area is 217 Å². The first-order chi connectivity index (χ1) is 18.4. The van der Waals surface area contributed by atoms with E-state index >= 15 is 0 Å². The number of fused-ring (bicyclic) bond motifs is 6. The predicted molar refractivity (Wildman–Crippen MR) is 158 cm³/mol. The molecule has 6 aromatic carbocycles. The second-order valence-electron chi connectivity index (χ2n) is 9.77. The van der Waals surface area contributed by atoms with Crippen LogP contribution in [-0.4, -0.2) is 6.71 Å². The Morgan fingerprint density at radius 3 is 1.78 bits per heavy atom. The highest BCUT2D eigenvalue weighted by atomic mass is 15.2. The van der Waals surface area contributed by atoms with Crippen molar-refractivity contribution in [2.24, 2.45) is 0 Å². The zero-order valence-electron chi connectivity index (χ0n) is 20.3. The topological polar surface area (TPSA) is 6.48 Å². The molecule has 0 aromatic heterocycles. The molecular weight excluding hydrogens is 447 g/mol. The second-order valence-corrected chi connectivity index (χ2v) is 9.77. The standard InChI is InChI=1S/C34H23BN2/c1-3-13-25(14-4-1)36-30-19-10-9-18-28(30)35-29-23-22-24-12-7-8-17-27(24)34(29)37(26-15-5-2-6-16-26)32-21-11-20-31(36)33(32)35/h1-23H. The molecule has 172 valence electrons. The number of anilines is 6. The molecule has 2 aliphatic rings. The quantitative estimate of drug-likeness (QED) is 0.253. The van der Waals surface area contributed by atoms with Crippen molar-refractivity contribution in [3.05, 3.63) is 140 Å². The summed E-state index contributed by atoms with van der Waals surface area (Å²) in [6.07, 6.45) is 0. The fourth-order valence-electron chi connectivity index (χ4n) is 6.35. The van der Waals surface area contributed by atoms with Gasteiger partial charge in [0.05, 0.1) is 0 Å². The van der Waals surface area contributed by atoms with Crippen LogP contribution in [0.15, 0.2) is 140 Å². The van der Waals surface area contributed by atoms with Gasteiger partial charge in [-0.1, -0.05) is 97.1 Å². The van der Waals surface area contributed by atoms with E-state index in [0.717, 1.165) is 0 Å². The molecule has 2 heterocycles. The Morgan fingerprint density at radius 1 is 0.405 bits per heavy atom. The molecule has 0 spiro atoms. The Kier molecular flexibility index (Phi) is 4.35. The zero-order chi connectivity index (χ0) is 24.3. The molecule has 8 rings (SSSR count). The summed E-state index contributed by atoms with van der Waals surface area (Å²) in [6, 6.07) is 50.6. The lowest BCUT2D eigenvalue weighted by molar-refractivity contribution is 1.26. The molecule has 0 N–H and O–H groups in total. The Bertz CT molecular complexity index is 1800. The molecule has 0 saturated heterocycles. The maximum Gasteiger partial charge on any atom is 0.252 e. The van der Waals surface area contributed by atoms with Crippen LogP contribution >= 0.6 is 0 Å². The minimum absolute atomic E-state index is 0.155. The van der Waals surface area contributed by atoms with Crippen molar-refractivity contribution in [3.8, 4) is 0 Å². The third-order valence-corrected chi connectivity index (χ3v) is 7.81. The van der Waals surface area contributed by atoms with Crippen LogP contribution in [0.25, 0.3) is 10.8 Å². The summed E-state index contributed by atoms with van der Waals surface area (Å²) in [5, 5.41) is 2.54. The largest absolute Gasteiger partial charge is 0.311 e. The lowest BCUT2D eigenvalue weighted by Gasteiger charge is -2.44. The van der Waals surface area contributed by atoms with Gasteiger partial charge < -0.3 is 9.80 Å². The van der Waals surface area contributed by atoms with Crippen LogP contribution in [0.1, 0.15) is 0 Å². The molecule has 0 fully saturated rings. The Hall–Kier alpha value is -4.76. The third kappa shape index (κ3) is 2.88. The van der Waals surface area contributed by atoms with E-state index in [-0.39, 0.29) is 6.71 Å². The summed E-state index contributed by atoms with van der Waals surface area (Å²) in [6.45, 7) is 0.155. The average molecular weight is 470 g/mol. The van der Waals surface area contributed by atoms with Crippen molar-refractivity contribution in [1.29, 1.82) is 0 Å². The highest BCUT2D eigenvalue weighted by Gasteiger charge is 2.43. The minimum atomic E-state index is 0.155. The molecule has 0 atom stereocenters. The van der Waals surface area contributed by atoms with Crippen molar-refractivity contribution in [3.63, 3.8) is 0 Å². The van der Waals surface area contributed by atoms with Crippen LogP contribution in [0, 0.1) is 0 Å². The number of hydrogen-bond donors (Lipinski definition) is 0. The van der Waals surface area contributed by atoms with Gasteiger partial charge >= 0.3 is 0 Å². The molecule has 0 radical (unpaired) electrons. The van der Waals surface area contributed by atoms with Gasteiger partial charge in [-0.15, -0.1) is 0 Å². The second kappa shape index (κ2) is 7.87. The number of para-hydroxylation sites is 3. The molecule has 3 heteroatoms. The van der Waals surface area contributed by atoms with E-state index in [1.54, 1.807) is 0 Å². The highest BCUT2D eigenvalue weighted by molar-refractivity contribution is 7.00. The predicted octanol–water partition coefficient (Wildman–Crippen LogP) is 6.92. The first-order valence-corrected chi connectivity index (χ1v) is 12.8. The molecule has 6 aromatic rings. The van der Waals surface area contributed by atoms with Gasteiger partial charge in [0.1, 0.15) is 0 Å². The van der Waals surface area contributed by atoms with Crippen LogP contribution < -0.4 is 26.2 Å². The lowest BCUT2D eigenvalue weighted by atomic mass is 9.33. The molecule has 2 nitrogen and oxygen atoms in total. The summed E-state index contributed by atoms with van der Waals surface area (Å²) in [5.74, 6) is 0. The number of rotatable bonds is 2. The smallest absolute Gasteiger partial charge is 0.252 e. The van der Waals surface area contributed by atoms with Crippen molar-refractivity contribution in [1.82, 2.24) is 0 Å². The summed E-state index contributed by atoms with van der Waals surface area (Å²) < 4.78 is 0. The number of hydrogen-bond acceptors (Lipinski definition) is 2. The van der Waals surface area contributed by atoms with Gasteiger partial charge in [0.15, 0.2) is 0 Å². The Balaban J connectivity index is 1.52. The normalized spacial score (nSPS) is 13.2. The first-order valence-electron chi connectivity index (χ1n) is 12.8. The first kappa shape index (κ1) is 20.4. The molecule has 0 bridgehead atoms. The van der Waals surface area contributed by atoms with E-state index in [4.69, 9.17) is 0 Å². The molecule has 0 amide bonds. The van der Waals surface area contributed by atoms with Gasteiger partial charge in [0.25, 0.3) is 6.71 Å². The van der Waals surface area contributed by atoms with E-state index < -0.39 is 0 Å². The lowest BCUT2D eigenvalue weighted by Crippen LogP contribution is -2.61. The van der Waals surface area contributed by atoms with Gasteiger partial charge in [0, 0.05) is 39.5 Å². The van der Waals surface area contributed by atoms with Gasteiger partial charge in [0.2, 0.25) is 0 Å². The van der Waals surface area contributed by atoms with E-state index in [9.17, 15) is 0 Å². The molecule has 2 aliphatic heterocycles. The SMILES string of the molecule is c1ccc(N2c3ccccc3B3c4ccc5ccccc5c4N(c4ccccc4)c4cccc2c43)cc1. The van der Waals surface area contributed by atoms with Crippen LogP contribution in [0.3, 0.4) is 0 Å². The van der Waals surface area contributed by atoms with Crippen LogP contribution in [0.4, 0.5) is 34.1 Å². The number of benzene rings is 6. The van der Waals surface area contributed by atoms with Crippen LogP contribution in [0.5, 0.6) is 0 Å². The molecule has 0 unspecified atom stereocenters. The van der Waals surface area contributed by atoms with Gasteiger partial charge in [-0.2, -0.15) is 0 Å². The minimum Gasteiger partial charge on any atom is -0.311 e. The van der Waals surface area contributed by atoms with E-state index in [1.807, 2.05) is 0 Å². The average Bonchev–Trinajstić information content (AvgIpc) is 2.98. The van der Waals surface area contributed by atoms with Gasteiger partial charge in [-0.05, 0) is 64.2 Å². The van der Waals surface area contributed by atoms with Crippen molar-refractivity contribution >= 4 is 68.0 Å². The number of nitrogens with zero attached hydrogens (tertiary/aromatic N) is 2. The maximum absolute atomic E-state index is 2.48. The van der Waals surface area contributed by atoms with Crippen LogP contribution in [0.2, 0.25) is 0 Å². The molecule has 0 aliphatic carbocycles. The van der Waals surface area contributed by atoms with E-state index in [2.05, 4.69) is 149 Å². The monoisotopic (exact) mass is 470 g/mol. The van der Waals surface area contributed by atoms with Crippen molar-refractivity contribution < 1.29 is 0 Å². The molecule has 37 heavy (non-hydrogen) atoms. The molecular formula is C34H23BN2. The summed E-state index contributed by atoms with van der Waals surface area (Å²) in [7, 11) is 0. The molecule has 0 saturated carbocycles. The van der Waals surface area contributed by atoms with E-state index in [0.29, 0.717) is 0 Å². The van der Waals surface area contributed by atoms with Crippen molar-refractivity contribution in [2.75, 3.05) is 9.80 Å². The summed E-state index contributed by atoms with van der Waals surface area (Å²) in [4.78, 5) is 4.91. The fraction of sp³-hybridized carbons (Fsp3) is 0. The highest BCUT2D eigenvalue weighted by Crippen LogP contribution is 2.45. The van der Waals surface area contributed by atoms with Gasteiger partial charge in [-0.3, -0.25) is 0 Å².